The Balaban J connectivity index is 1.68. The molecule has 0 amide bonds. The first kappa shape index (κ1) is 15.2. The summed E-state index contributed by atoms with van der Waals surface area (Å²) in [6, 6.07) is 19.7. The smallest absolute Gasteiger partial charge is 0.189 e. The Bertz CT molecular complexity index is 587. The molecule has 0 saturated heterocycles. The number of nitrogens with one attached hydrogen (secondary N) is 4. The summed E-state index contributed by atoms with van der Waals surface area (Å²) in [4.78, 5) is 0. The molecule has 0 saturated carbocycles. The normalized spacial score (nSPS) is 9.52. The second-order valence-electron chi connectivity index (χ2n) is 4.24. The van der Waals surface area contributed by atoms with E-state index < -0.39 is 0 Å². The maximum Gasteiger partial charge on any atom is 0.189 e. The molecule has 2 rings (SSSR count). The molecule has 0 heterocycles. The van der Waals surface area contributed by atoms with Crippen molar-refractivity contribution in [3.63, 3.8) is 0 Å². The van der Waals surface area contributed by atoms with Crippen LogP contribution in [0.15, 0.2) is 60.7 Å². The third-order valence-corrected chi connectivity index (χ3v) is 3.07. The largest absolute Gasteiger partial charge is 0.357 e. The minimum atomic E-state index is 0.449. The lowest BCUT2D eigenvalue weighted by molar-refractivity contribution is 0.809. The van der Waals surface area contributed by atoms with Crippen molar-refractivity contribution in [1.82, 2.24) is 16.2 Å². The average Bonchev–Trinajstić information content (AvgIpc) is 2.53. The molecule has 0 spiro atoms. The first-order valence-corrected chi connectivity index (χ1v) is 7.25. The molecule has 0 radical (unpaired) electrons. The fraction of sp³-hybridized carbons (Fsp3) is 0.0667. The van der Waals surface area contributed by atoms with Gasteiger partial charge in [0.05, 0.1) is 0 Å². The standard InChI is InChI=1S/C15H16N4S2/c20-14(16-11-12-7-3-1-4-8-12)18-19-15(21)17-13-9-5-2-6-10-13/h1-10H,11H2,(H2,16,18,20)(H2,17,19,21). The Morgan fingerprint density at radius 2 is 1.33 bits per heavy atom. The van der Waals surface area contributed by atoms with Crippen LogP contribution in [0.2, 0.25) is 0 Å². The Kier molecular flexibility index (Phi) is 5.93. The van der Waals surface area contributed by atoms with Crippen LogP contribution in [0.25, 0.3) is 0 Å². The van der Waals surface area contributed by atoms with Crippen molar-refractivity contribution < 1.29 is 0 Å². The van der Waals surface area contributed by atoms with Crippen molar-refractivity contribution in [3.8, 4) is 0 Å². The molecule has 0 fully saturated rings. The van der Waals surface area contributed by atoms with E-state index in [2.05, 4.69) is 21.5 Å². The van der Waals surface area contributed by atoms with Gasteiger partial charge in [0, 0.05) is 12.2 Å². The van der Waals surface area contributed by atoms with Crippen molar-refractivity contribution in [3.05, 3.63) is 66.2 Å². The van der Waals surface area contributed by atoms with Crippen LogP contribution in [0, 0.1) is 0 Å². The predicted octanol–water partition coefficient (Wildman–Crippen LogP) is 2.55. The van der Waals surface area contributed by atoms with Crippen LogP contribution in [0.5, 0.6) is 0 Å². The number of para-hydroxylation sites is 1. The monoisotopic (exact) mass is 316 g/mol. The van der Waals surface area contributed by atoms with Crippen LogP contribution >= 0.6 is 24.4 Å². The molecule has 0 aliphatic rings. The molecule has 0 aliphatic carbocycles. The van der Waals surface area contributed by atoms with Gasteiger partial charge in [-0.3, -0.25) is 10.9 Å². The molecule has 0 bridgehead atoms. The maximum absolute atomic E-state index is 5.16. The zero-order valence-corrected chi connectivity index (χ0v) is 12.9. The number of thiocarbonyl (C=S) groups is 2. The Labute approximate surface area is 134 Å². The van der Waals surface area contributed by atoms with Crippen LogP contribution in [0.1, 0.15) is 5.56 Å². The minimum absolute atomic E-state index is 0.449. The molecular weight excluding hydrogens is 300 g/mol. The topological polar surface area (TPSA) is 48.1 Å². The number of hydrogen-bond donors (Lipinski definition) is 4. The van der Waals surface area contributed by atoms with E-state index in [0.29, 0.717) is 16.8 Å². The van der Waals surface area contributed by atoms with Crippen molar-refractivity contribution in [2.24, 2.45) is 0 Å². The molecule has 4 N–H and O–H groups in total. The highest BCUT2D eigenvalue weighted by Crippen LogP contribution is 2.03. The van der Waals surface area contributed by atoms with E-state index in [9.17, 15) is 0 Å². The second-order valence-corrected chi connectivity index (χ2v) is 5.05. The molecule has 0 aliphatic heterocycles. The quantitative estimate of drug-likeness (QED) is 0.516. The number of hydrazine groups is 1. The van der Waals surface area contributed by atoms with E-state index in [1.54, 1.807) is 0 Å². The summed E-state index contributed by atoms with van der Waals surface area (Å²) >= 11 is 10.3. The van der Waals surface area contributed by atoms with Crippen LogP contribution in [0.4, 0.5) is 5.69 Å². The van der Waals surface area contributed by atoms with Gasteiger partial charge in [0.1, 0.15) is 0 Å². The maximum atomic E-state index is 5.16. The van der Waals surface area contributed by atoms with E-state index in [1.165, 1.54) is 0 Å². The molecule has 0 aromatic heterocycles. The highest BCUT2D eigenvalue weighted by atomic mass is 32.1. The van der Waals surface area contributed by atoms with Crippen molar-refractivity contribution in [1.29, 1.82) is 0 Å². The third-order valence-electron chi connectivity index (χ3n) is 2.62. The van der Waals surface area contributed by atoms with Gasteiger partial charge in [-0.15, -0.1) is 0 Å². The summed E-state index contributed by atoms with van der Waals surface area (Å²) in [5.41, 5.74) is 7.75. The molecule has 21 heavy (non-hydrogen) atoms. The Hall–Kier alpha value is -2.18. The zero-order valence-electron chi connectivity index (χ0n) is 11.3. The van der Waals surface area contributed by atoms with Gasteiger partial charge in [0.2, 0.25) is 0 Å². The lowest BCUT2D eigenvalue weighted by Gasteiger charge is -2.14. The summed E-state index contributed by atoms with van der Waals surface area (Å²) in [5, 5.41) is 7.06. The predicted molar refractivity (Wildman–Crippen MR) is 94.8 cm³/mol. The van der Waals surface area contributed by atoms with Gasteiger partial charge in [-0.25, -0.2) is 0 Å². The van der Waals surface area contributed by atoms with Crippen molar-refractivity contribution in [2.75, 3.05) is 5.32 Å². The number of benzene rings is 2. The number of anilines is 1. The number of rotatable bonds is 3. The van der Waals surface area contributed by atoms with Gasteiger partial charge < -0.3 is 10.6 Å². The lowest BCUT2D eigenvalue weighted by atomic mass is 10.2. The summed E-state index contributed by atoms with van der Waals surface area (Å²) < 4.78 is 0. The molecular formula is C15H16N4S2. The number of hydrogen-bond acceptors (Lipinski definition) is 2. The van der Waals surface area contributed by atoms with Crippen LogP contribution < -0.4 is 21.5 Å². The Morgan fingerprint density at radius 3 is 2.00 bits per heavy atom. The van der Waals surface area contributed by atoms with Gasteiger partial charge in [-0.05, 0) is 42.1 Å². The van der Waals surface area contributed by atoms with Gasteiger partial charge >= 0.3 is 0 Å². The first-order chi connectivity index (χ1) is 10.2. The van der Waals surface area contributed by atoms with E-state index in [1.807, 2.05) is 60.7 Å². The lowest BCUT2D eigenvalue weighted by Crippen LogP contribution is -2.47. The molecule has 0 unspecified atom stereocenters. The fourth-order valence-electron chi connectivity index (χ4n) is 1.62. The average molecular weight is 316 g/mol. The molecule has 0 atom stereocenters. The van der Waals surface area contributed by atoms with Crippen LogP contribution in [-0.4, -0.2) is 10.2 Å². The fourth-order valence-corrected chi connectivity index (χ4v) is 1.91. The summed E-state index contributed by atoms with van der Waals surface area (Å²) in [5.74, 6) is 0. The second kappa shape index (κ2) is 8.18. The zero-order chi connectivity index (χ0) is 14.9. The molecule has 2 aromatic carbocycles. The van der Waals surface area contributed by atoms with Crippen molar-refractivity contribution >= 4 is 40.3 Å². The van der Waals surface area contributed by atoms with Crippen LogP contribution in [-0.2, 0) is 6.54 Å². The van der Waals surface area contributed by atoms with Gasteiger partial charge in [-0.1, -0.05) is 48.5 Å². The van der Waals surface area contributed by atoms with Crippen LogP contribution in [0.3, 0.4) is 0 Å². The SMILES string of the molecule is S=C(NCc1ccccc1)NNC(=S)Nc1ccccc1. The van der Waals surface area contributed by atoms with E-state index >= 15 is 0 Å². The first-order valence-electron chi connectivity index (χ1n) is 6.44. The summed E-state index contributed by atoms with van der Waals surface area (Å²) in [6.07, 6.45) is 0. The van der Waals surface area contributed by atoms with Crippen molar-refractivity contribution in [2.45, 2.75) is 6.54 Å². The van der Waals surface area contributed by atoms with E-state index in [-0.39, 0.29) is 0 Å². The summed E-state index contributed by atoms with van der Waals surface area (Å²) in [7, 11) is 0. The van der Waals surface area contributed by atoms with E-state index in [0.717, 1.165) is 11.3 Å². The van der Waals surface area contributed by atoms with Gasteiger partial charge in [-0.2, -0.15) is 0 Å². The molecule has 6 heteroatoms. The van der Waals surface area contributed by atoms with Gasteiger partial charge in [0.15, 0.2) is 10.2 Å². The highest BCUT2D eigenvalue weighted by Gasteiger charge is 1.98. The van der Waals surface area contributed by atoms with Gasteiger partial charge in [0.25, 0.3) is 0 Å². The Morgan fingerprint density at radius 1 is 0.762 bits per heavy atom. The summed E-state index contributed by atoms with van der Waals surface area (Å²) in [6.45, 7) is 0.660. The van der Waals surface area contributed by atoms with E-state index in [4.69, 9.17) is 24.4 Å². The molecule has 4 nitrogen and oxygen atoms in total. The minimum Gasteiger partial charge on any atom is -0.357 e. The molecule has 108 valence electrons. The molecule has 2 aromatic rings. The highest BCUT2D eigenvalue weighted by molar-refractivity contribution is 7.80. The third kappa shape index (κ3) is 5.76.